The third-order valence-corrected chi connectivity index (χ3v) is 5.86. The van der Waals surface area contributed by atoms with Gasteiger partial charge in [0.2, 0.25) is 0 Å². The Balaban J connectivity index is 0.00000261. The van der Waals surface area contributed by atoms with Gasteiger partial charge in [-0.15, -0.1) is 24.0 Å². The first-order valence-corrected chi connectivity index (χ1v) is 10.00. The van der Waals surface area contributed by atoms with Gasteiger partial charge >= 0.3 is 0 Å². The highest BCUT2D eigenvalue weighted by Gasteiger charge is 2.35. The number of piperidine rings is 1. The largest absolute Gasteiger partial charge is 0.381 e. The van der Waals surface area contributed by atoms with Gasteiger partial charge in [-0.1, -0.05) is 19.1 Å². The fourth-order valence-electron chi connectivity index (χ4n) is 3.98. The van der Waals surface area contributed by atoms with Crippen LogP contribution in [0.3, 0.4) is 0 Å². The average molecular weight is 489 g/mol. The predicted molar refractivity (Wildman–Crippen MR) is 119 cm³/mol. The molecule has 4 nitrogen and oxygen atoms in total. The Kier molecular flexibility index (Phi) is 8.79. The zero-order valence-corrected chi connectivity index (χ0v) is 18.9. The standard InChI is InChI=1S/C21H32FN3O.HI/c1-3-23-20(25-12-8-17(2)9-13-25)24-16-21(10-14-26-15-11-21)18-4-6-19(22)7-5-18;/h4-7,17H,3,8-16H2,1-2H3,(H,23,24);1H. The number of benzene rings is 1. The normalized spacial score (nSPS) is 20.9. The maximum atomic E-state index is 13.4. The summed E-state index contributed by atoms with van der Waals surface area (Å²) in [5.41, 5.74) is 1.12. The molecular weight excluding hydrogens is 456 g/mol. The summed E-state index contributed by atoms with van der Waals surface area (Å²) in [6.07, 6.45) is 4.31. The summed E-state index contributed by atoms with van der Waals surface area (Å²) in [6.45, 7) is 9.65. The first kappa shape index (κ1) is 22.4. The van der Waals surface area contributed by atoms with E-state index in [-0.39, 0.29) is 35.2 Å². The van der Waals surface area contributed by atoms with Crippen molar-refractivity contribution in [1.29, 1.82) is 0 Å². The van der Waals surface area contributed by atoms with Crippen LogP contribution in [0, 0.1) is 11.7 Å². The molecule has 0 unspecified atom stereocenters. The lowest BCUT2D eigenvalue weighted by Gasteiger charge is -2.38. The van der Waals surface area contributed by atoms with Crippen molar-refractivity contribution < 1.29 is 9.13 Å². The molecule has 1 aromatic carbocycles. The van der Waals surface area contributed by atoms with Crippen LogP contribution in [0.1, 0.15) is 45.1 Å². The lowest BCUT2D eigenvalue weighted by atomic mass is 9.74. The van der Waals surface area contributed by atoms with E-state index in [1.807, 2.05) is 12.1 Å². The van der Waals surface area contributed by atoms with E-state index in [9.17, 15) is 4.39 Å². The van der Waals surface area contributed by atoms with E-state index in [1.54, 1.807) is 12.1 Å². The van der Waals surface area contributed by atoms with Crippen molar-refractivity contribution in [2.45, 2.75) is 44.9 Å². The third kappa shape index (κ3) is 5.79. The second-order valence-corrected chi connectivity index (χ2v) is 7.74. The molecule has 0 aromatic heterocycles. The Bertz CT molecular complexity index is 594. The van der Waals surface area contributed by atoms with E-state index in [2.05, 4.69) is 24.1 Å². The molecule has 0 bridgehead atoms. The van der Waals surface area contributed by atoms with Crippen LogP contribution >= 0.6 is 24.0 Å². The molecule has 152 valence electrons. The Hall–Kier alpha value is -0.890. The van der Waals surface area contributed by atoms with Crippen LogP contribution in [0.2, 0.25) is 0 Å². The molecule has 2 saturated heterocycles. The first-order chi connectivity index (χ1) is 12.6. The Labute approximate surface area is 180 Å². The second kappa shape index (κ2) is 10.6. The summed E-state index contributed by atoms with van der Waals surface area (Å²) in [5.74, 6) is 1.64. The van der Waals surface area contributed by atoms with Crippen LogP contribution in [-0.4, -0.2) is 50.3 Å². The van der Waals surface area contributed by atoms with Gasteiger partial charge in [-0.25, -0.2) is 4.39 Å². The van der Waals surface area contributed by atoms with E-state index < -0.39 is 0 Å². The molecule has 3 rings (SSSR count). The number of hydrogen-bond acceptors (Lipinski definition) is 2. The second-order valence-electron chi connectivity index (χ2n) is 7.74. The fourth-order valence-corrected chi connectivity index (χ4v) is 3.98. The number of nitrogens with zero attached hydrogens (tertiary/aromatic N) is 2. The quantitative estimate of drug-likeness (QED) is 0.392. The number of aliphatic imine (C=N–C) groups is 1. The van der Waals surface area contributed by atoms with Gasteiger partial charge in [-0.05, 0) is 56.2 Å². The number of halogens is 2. The molecule has 0 radical (unpaired) electrons. The van der Waals surface area contributed by atoms with Crippen molar-refractivity contribution in [3.05, 3.63) is 35.6 Å². The maximum absolute atomic E-state index is 13.4. The summed E-state index contributed by atoms with van der Waals surface area (Å²) < 4.78 is 19.0. The van der Waals surface area contributed by atoms with Crippen LogP contribution in [-0.2, 0) is 10.2 Å². The van der Waals surface area contributed by atoms with Gasteiger partial charge in [0.15, 0.2) is 5.96 Å². The van der Waals surface area contributed by atoms with Crippen LogP contribution in [0.4, 0.5) is 4.39 Å². The molecule has 2 fully saturated rings. The van der Waals surface area contributed by atoms with E-state index in [4.69, 9.17) is 9.73 Å². The highest BCUT2D eigenvalue weighted by Crippen LogP contribution is 2.35. The summed E-state index contributed by atoms with van der Waals surface area (Å²) in [5, 5.41) is 3.47. The highest BCUT2D eigenvalue weighted by molar-refractivity contribution is 14.0. The van der Waals surface area contributed by atoms with Crippen molar-refractivity contribution in [3.8, 4) is 0 Å². The predicted octanol–water partition coefficient (Wildman–Crippen LogP) is 4.19. The SMILES string of the molecule is CCNC(=NCC1(c2ccc(F)cc2)CCOCC1)N1CCC(C)CC1.I. The van der Waals surface area contributed by atoms with Gasteiger partial charge in [0.25, 0.3) is 0 Å². The van der Waals surface area contributed by atoms with Crippen LogP contribution in [0.5, 0.6) is 0 Å². The van der Waals surface area contributed by atoms with E-state index in [0.29, 0.717) is 0 Å². The molecule has 0 amide bonds. The molecule has 6 heteroatoms. The number of nitrogens with one attached hydrogen (secondary N) is 1. The van der Waals surface area contributed by atoms with Gasteiger partial charge in [0.1, 0.15) is 5.82 Å². The number of hydrogen-bond donors (Lipinski definition) is 1. The van der Waals surface area contributed by atoms with E-state index >= 15 is 0 Å². The zero-order valence-electron chi connectivity index (χ0n) is 16.5. The molecule has 0 aliphatic carbocycles. The molecule has 2 aliphatic heterocycles. The monoisotopic (exact) mass is 489 g/mol. The average Bonchev–Trinajstić information content (AvgIpc) is 2.67. The lowest BCUT2D eigenvalue weighted by molar-refractivity contribution is 0.0529. The number of rotatable bonds is 4. The fraction of sp³-hybridized carbons (Fsp3) is 0.667. The molecule has 2 heterocycles. The summed E-state index contributed by atoms with van der Waals surface area (Å²) in [4.78, 5) is 7.43. The Morgan fingerprint density at radius 2 is 1.85 bits per heavy atom. The van der Waals surface area contributed by atoms with Crippen molar-refractivity contribution in [2.75, 3.05) is 39.4 Å². The summed E-state index contributed by atoms with van der Waals surface area (Å²) >= 11 is 0. The smallest absolute Gasteiger partial charge is 0.193 e. The van der Waals surface area contributed by atoms with Gasteiger partial charge in [0.05, 0.1) is 6.54 Å². The minimum atomic E-state index is -0.185. The van der Waals surface area contributed by atoms with Crippen molar-refractivity contribution in [2.24, 2.45) is 10.9 Å². The lowest BCUT2D eigenvalue weighted by Crippen LogP contribution is -2.46. The summed E-state index contributed by atoms with van der Waals surface area (Å²) in [7, 11) is 0. The minimum absolute atomic E-state index is 0. The van der Waals surface area contributed by atoms with Crippen molar-refractivity contribution in [3.63, 3.8) is 0 Å². The number of ether oxygens (including phenoxy) is 1. The molecule has 0 atom stereocenters. The number of guanidine groups is 1. The minimum Gasteiger partial charge on any atom is -0.381 e. The Morgan fingerprint density at radius 3 is 2.44 bits per heavy atom. The van der Waals surface area contributed by atoms with Crippen molar-refractivity contribution in [1.82, 2.24) is 10.2 Å². The zero-order chi connectivity index (χ0) is 18.4. The number of likely N-dealkylation sites (tertiary alicyclic amines) is 1. The van der Waals surface area contributed by atoms with Crippen molar-refractivity contribution >= 4 is 29.9 Å². The summed E-state index contributed by atoms with van der Waals surface area (Å²) in [6, 6.07) is 6.97. The molecule has 1 aromatic rings. The third-order valence-electron chi connectivity index (χ3n) is 5.86. The Morgan fingerprint density at radius 1 is 1.22 bits per heavy atom. The van der Waals surface area contributed by atoms with Gasteiger partial charge in [-0.2, -0.15) is 0 Å². The van der Waals surface area contributed by atoms with E-state index in [1.165, 1.54) is 18.4 Å². The molecular formula is C21H33FIN3O. The first-order valence-electron chi connectivity index (χ1n) is 10.00. The molecule has 2 aliphatic rings. The van der Waals surface area contributed by atoms with E-state index in [0.717, 1.165) is 64.1 Å². The molecule has 27 heavy (non-hydrogen) atoms. The van der Waals surface area contributed by atoms with Crippen LogP contribution in [0.15, 0.2) is 29.3 Å². The van der Waals surface area contributed by atoms with Gasteiger partial charge in [-0.3, -0.25) is 4.99 Å². The molecule has 1 N–H and O–H groups in total. The van der Waals surface area contributed by atoms with Crippen LogP contribution < -0.4 is 5.32 Å². The maximum Gasteiger partial charge on any atom is 0.193 e. The molecule has 0 saturated carbocycles. The van der Waals surface area contributed by atoms with Crippen LogP contribution in [0.25, 0.3) is 0 Å². The highest BCUT2D eigenvalue weighted by atomic mass is 127. The molecule has 0 spiro atoms. The van der Waals surface area contributed by atoms with Gasteiger partial charge < -0.3 is 15.0 Å². The topological polar surface area (TPSA) is 36.9 Å². The van der Waals surface area contributed by atoms with Gasteiger partial charge in [0, 0.05) is 38.3 Å².